The molecule has 0 aromatic heterocycles. The van der Waals surface area contributed by atoms with Gasteiger partial charge in [0.15, 0.2) is 6.10 Å². The third-order valence-corrected chi connectivity index (χ3v) is 3.52. The van der Waals surface area contributed by atoms with E-state index < -0.39 is 18.2 Å². The fraction of sp³-hybridized carbons (Fsp3) is 0.429. The molecule has 2 rings (SSSR count). The van der Waals surface area contributed by atoms with Crippen molar-refractivity contribution < 1.29 is 19.4 Å². The first-order valence-electron chi connectivity index (χ1n) is 6.54. The number of carboxylic acid groups (broad SMARTS) is 1. The van der Waals surface area contributed by atoms with Crippen molar-refractivity contribution in [3.63, 3.8) is 0 Å². The standard InChI is InChI=1S/C14H17ClN2O4/c1-17(2)10-4-3-8(15)7-9(10)16-13(18)11-5-6-12(21-11)14(19)20/h3-4,7,11-12H,5-6H2,1-2H3,(H,16,18)(H,19,20)/t11-,12+/m0/s1. The molecule has 1 aromatic rings. The van der Waals surface area contributed by atoms with Gasteiger partial charge in [-0.2, -0.15) is 0 Å². The van der Waals surface area contributed by atoms with Crippen molar-refractivity contribution in [3.8, 4) is 0 Å². The Kier molecular flexibility index (Phi) is 4.69. The van der Waals surface area contributed by atoms with Crippen LogP contribution in [0.4, 0.5) is 11.4 Å². The van der Waals surface area contributed by atoms with E-state index in [1.807, 2.05) is 19.0 Å². The first-order chi connectivity index (χ1) is 9.88. The van der Waals surface area contributed by atoms with Crippen LogP contribution in [0.15, 0.2) is 18.2 Å². The maximum atomic E-state index is 12.2. The zero-order valence-electron chi connectivity index (χ0n) is 11.8. The van der Waals surface area contributed by atoms with Gasteiger partial charge in [-0.3, -0.25) is 4.79 Å². The average Bonchev–Trinajstić information content (AvgIpc) is 2.88. The molecule has 1 fully saturated rings. The van der Waals surface area contributed by atoms with E-state index in [0.29, 0.717) is 23.6 Å². The summed E-state index contributed by atoms with van der Waals surface area (Å²) in [6, 6.07) is 5.19. The van der Waals surface area contributed by atoms with E-state index in [0.717, 1.165) is 5.69 Å². The number of halogens is 1. The van der Waals surface area contributed by atoms with Gasteiger partial charge in [-0.15, -0.1) is 0 Å². The van der Waals surface area contributed by atoms with Crippen LogP contribution in [0.25, 0.3) is 0 Å². The van der Waals surface area contributed by atoms with Crippen LogP contribution in [0.2, 0.25) is 5.02 Å². The topological polar surface area (TPSA) is 78.9 Å². The smallest absolute Gasteiger partial charge is 0.332 e. The normalized spacial score (nSPS) is 21.1. The molecule has 21 heavy (non-hydrogen) atoms. The van der Waals surface area contributed by atoms with Gasteiger partial charge in [0.1, 0.15) is 6.10 Å². The number of amides is 1. The summed E-state index contributed by atoms with van der Waals surface area (Å²) >= 11 is 5.95. The number of hydrogen-bond acceptors (Lipinski definition) is 4. The highest BCUT2D eigenvalue weighted by Crippen LogP contribution is 2.29. The van der Waals surface area contributed by atoms with Crippen LogP contribution in [0.5, 0.6) is 0 Å². The van der Waals surface area contributed by atoms with E-state index in [2.05, 4.69) is 5.32 Å². The van der Waals surface area contributed by atoms with Crippen molar-refractivity contribution >= 4 is 34.9 Å². The molecule has 6 nitrogen and oxygen atoms in total. The predicted octanol–water partition coefficient (Wildman–Crippen LogP) is 1.98. The zero-order valence-corrected chi connectivity index (χ0v) is 12.6. The molecule has 0 unspecified atom stereocenters. The minimum Gasteiger partial charge on any atom is -0.479 e. The van der Waals surface area contributed by atoms with Crippen molar-refractivity contribution in [2.45, 2.75) is 25.0 Å². The lowest BCUT2D eigenvalue weighted by atomic mass is 10.2. The van der Waals surface area contributed by atoms with Crippen LogP contribution < -0.4 is 10.2 Å². The van der Waals surface area contributed by atoms with E-state index in [-0.39, 0.29) is 5.91 Å². The van der Waals surface area contributed by atoms with Gasteiger partial charge in [-0.05, 0) is 31.0 Å². The third-order valence-electron chi connectivity index (χ3n) is 3.29. The number of benzene rings is 1. The molecule has 1 amide bonds. The van der Waals surface area contributed by atoms with Crippen LogP contribution in [-0.4, -0.2) is 43.3 Å². The Morgan fingerprint density at radius 3 is 2.57 bits per heavy atom. The minimum atomic E-state index is -1.04. The second-order valence-corrected chi connectivity index (χ2v) is 5.51. The maximum absolute atomic E-state index is 12.2. The first-order valence-corrected chi connectivity index (χ1v) is 6.92. The number of ether oxygens (including phenoxy) is 1. The molecule has 0 spiro atoms. The number of rotatable bonds is 4. The van der Waals surface area contributed by atoms with Gasteiger partial charge in [0.2, 0.25) is 0 Å². The molecule has 0 saturated carbocycles. The first kappa shape index (κ1) is 15.6. The fourth-order valence-corrected chi connectivity index (χ4v) is 2.40. The summed E-state index contributed by atoms with van der Waals surface area (Å²) in [4.78, 5) is 24.9. The second kappa shape index (κ2) is 6.32. The van der Waals surface area contributed by atoms with Gasteiger partial charge in [0, 0.05) is 19.1 Å². The van der Waals surface area contributed by atoms with Crippen LogP contribution in [0.1, 0.15) is 12.8 Å². The number of carbonyl (C=O) groups excluding carboxylic acids is 1. The lowest BCUT2D eigenvalue weighted by Gasteiger charge is -2.19. The number of hydrogen-bond donors (Lipinski definition) is 2. The van der Waals surface area contributed by atoms with Gasteiger partial charge < -0.3 is 20.1 Å². The van der Waals surface area contributed by atoms with E-state index in [4.69, 9.17) is 21.4 Å². The van der Waals surface area contributed by atoms with Gasteiger partial charge in [-0.1, -0.05) is 11.6 Å². The molecule has 0 radical (unpaired) electrons. The maximum Gasteiger partial charge on any atom is 0.332 e. The van der Waals surface area contributed by atoms with Crippen molar-refractivity contribution in [1.82, 2.24) is 0 Å². The molecule has 0 aliphatic carbocycles. The molecule has 0 bridgehead atoms. The minimum absolute atomic E-state index is 0.337. The summed E-state index contributed by atoms with van der Waals surface area (Å²) in [7, 11) is 3.71. The summed E-state index contributed by atoms with van der Waals surface area (Å²) in [6.07, 6.45) is -0.932. The Balaban J connectivity index is 2.10. The van der Waals surface area contributed by atoms with Crippen molar-refractivity contribution in [3.05, 3.63) is 23.2 Å². The zero-order chi connectivity index (χ0) is 15.6. The molecule has 1 saturated heterocycles. The van der Waals surface area contributed by atoms with Crippen molar-refractivity contribution in [2.24, 2.45) is 0 Å². The van der Waals surface area contributed by atoms with E-state index in [9.17, 15) is 9.59 Å². The largest absolute Gasteiger partial charge is 0.479 e. The van der Waals surface area contributed by atoms with Gasteiger partial charge in [0.05, 0.1) is 11.4 Å². The fourth-order valence-electron chi connectivity index (χ4n) is 2.22. The van der Waals surface area contributed by atoms with E-state index in [1.54, 1.807) is 18.2 Å². The monoisotopic (exact) mass is 312 g/mol. The number of carboxylic acids is 1. The van der Waals surface area contributed by atoms with Crippen LogP contribution >= 0.6 is 11.6 Å². The third kappa shape index (κ3) is 3.65. The number of aliphatic carboxylic acids is 1. The molecule has 2 atom stereocenters. The second-order valence-electron chi connectivity index (χ2n) is 5.07. The Hall–Kier alpha value is -1.79. The lowest BCUT2D eigenvalue weighted by Crippen LogP contribution is -2.30. The van der Waals surface area contributed by atoms with Gasteiger partial charge in [0.25, 0.3) is 5.91 Å². The Labute approximate surface area is 127 Å². The molecule has 1 aliphatic heterocycles. The highest BCUT2D eigenvalue weighted by molar-refractivity contribution is 6.31. The molecule has 1 aliphatic rings. The highest BCUT2D eigenvalue weighted by Gasteiger charge is 2.34. The highest BCUT2D eigenvalue weighted by atomic mass is 35.5. The van der Waals surface area contributed by atoms with Crippen LogP contribution in [0.3, 0.4) is 0 Å². The SMILES string of the molecule is CN(C)c1ccc(Cl)cc1NC(=O)[C@@H]1CC[C@H](C(=O)O)O1. The van der Waals surface area contributed by atoms with Gasteiger partial charge in [-0.25, -0.2) is 4.79 Å². The Morgan fingerprint density at radius 1 is 1.33 bits per heavy atom. The summed E-state index contributed by atoms with van der Waals surface area (Å²) in [5, 5.41) is 12.1. The van der Waals surface area contributed by atoms with E-state index >= 15 is 0 Å². The summed E-state index contributed by atoms with van der Waals surface area (Å²) < 4.78 is 5.23. The predicted molar refractivity (Wildman–Crippen MR) is 79.9 cm³/mol. The summed E-state index contributed by atoms with van der Waals surface area (Å²) in [5.41, 5.74) is 1.38. The van der Waals surface area contributed by atoms with Crippen LogP contribution in [0, 0.1) is 0 Å². The number of nitrogens with zero attached hydrogens (tertiary/aromatic N) is 1. The van der Waals surface area contributed by atoms with Crippen LogP contribution in [-0.2, 0) is 14.3 Å². The van der Waals surface area contributed by atoms with Crippen molar-refractivity contribution in [1.29, 1.82) is 0 Å². The average molecular weight is 313 g/mol. The Morgan fingerprint density at radius 2 is 2.00 bits per heavy atom. The lowest BCUT2D eigenvalue weighted by molar-refractivity contribution is -0.150. The van der Waals surface area contributed by atoms with E-state index in [1.165, 1.54) is 0 Å². The van der Waals surface area contributed by atoms with Crippen molar-refractivity contribution in [2.75, 3.05) is 24.3 Å². The number of anilines is 2. The molecule has 114 valence electrons. The summed E-state index contributed by atoms with van der Waals surface area (Å²) in [6.45, 7) is 0. The Bertz CT molecular complexity index is 562. The quantitative estimate of drug-likeness (QED) is 0.888. The van der Waals surface area contributed by atoms with Gasteiger partial charge >= 0.3 is 5.97 Å². The molecule has 1 aromatic carbocycles. The molecular weight excluding hydrogens is 296 g/mol. The number of nitrogens with one attached hydrogen (secondary N) is 1. The molecule has 2 N–H and O–H groups in total. The molecule has 1 heterocycles. The summed E-state index contributed by atoms with van der Waals surface area (Å²) in [5.74, 6) is -1.40. The molecule has 7 heteroatoms. The molecular formula is C14H17ClN2O4. The number of carbonyl (C=O) groups is 2.